The van der Waals surface area contributed by atoms with E-state index in [4.69, 9.17) is 5.11 Å². The van der Waals surface area contributed by atoms with Crippen LogP contribution < -0.4 is 10.2 Å². The third-order valence-corrected chi connectivity index (χ3v) is 3.23. The minimum atomic E-state index is -0.943. The second-order valence-corrected chi connectivity index (χ2v) is 4.76. The van der Waals surface area contributed by atoms with E-state index in [1.165, 1.54) is 18.0 Å². The van der Waals surface area contributed by atoms with Gasteiger partial charge in [0.1, 0.15) is 0 Å². The standard InChI is InChI=1S/C16H19N3O2/c1-19(13-6-3-2-4-7-13)11-5-9-18-15-12-17-10-8-14(15)16(20)21/h2-4,6-8,10,12,18H,5,9,11H2,1H3,(H,20,21). The zero-order valence-electron chi connectivity index (χ0n) is 12.0. The molecule has 2 N–H and O–H groups in total. The summed E-state index contributed by atoms with van der Waals surface area (Å²) < 4.78 is 0. The van der Waals surface area contributed by atoms with E-state index in [0.29, 0.717) is 12.2 Å². The van der Waals surface area contributed by atoms with E-state index in [1.807, 2.05) is 25.2 Å². The molecule has 0 atom stereocenters. The molecule has 0 aliphatic carbocycles. The summed E-state index contributed by atoms with van der Waals surface area (Å²) in [6.45, 7) is 1.59. The van der Waals surface area contributed by atoms with Crippen LogP contribution in [0.2, 0.25) is 0 Å². The smallest absolute Gasteiger partial charge is 0.337 e. The molecule has 5 heteroatoms. The van der Waals surface area contributed by atoms with Crippen molar-refractivity contribution in [3.05, 3.63) is 54.4 Å². The number of carboxylic acids is 1. The molecule has 0 aliphatic rings. The Morgan fingerprint density at radius 3 is 2.76 bits per heavy atom. The van der Waals surface area contributed by atoms with Crippen molar-refractivity contribution >= 4 is 17.3 Å². The summed E-state index contributed by atoms with van der Waals surface area (Å²) in [5.41, 5.74) is 1.99. The van der Waals surface area contributed by atoms with Gasteiger partial charge in [-0.25, -0.2) is 4.79 Å². The van der Waals surface area contributed by atoms with Gasteiger partial charge in [0.15, 0.2) is 0 Å². The molecule has 0 saturated heterocycles. The molecule has 2 rings (SSSR count). The lowest BCUT2D eigenvalue weighted by molar-refractivity contribution is 0.0698. The summed E-state index contributed by atoms with van der Waals surface area (Å²) in [6.07, 6.45) is 3.93. The number of para-hydroxylation sites is 1. The number of hydrogen-bond acceptors (Lipinski definition) is 4. The average Bonchev–Trinajstić information content (AvgIpc) is 2.52. The van der Waals surface area contributed by atoms with E-state index < -0.39 is 5.97 Å². The van der Waals surface area contributed by atoms with Crippen molar-refractivity contribution in [1.82, 2.24) is 4.98 Å². The van der Waals surface area contributed by atoms with Crippen molar-refractivity contribution in [1.29, 1.82) is 0 Å². The fraction of sp³-hybridized carbons (Fsp3) is 0.250. The summed E-state index contributed by atoms with van der Waals surface area (Å²) >= 11 is 0. The summed E-state index contributed by atoms with van der Waals surface area (Å²) in [4.78, 5) is 17.2. The molecule has 1 heterocycles. The average molecular weight is 285 g/mol. The van der Waals surface area contributed by atoms with Crippen molar-refractivity contribution in [2.24, 2.45) is 0 Å². The van der Waals surface area contributed by atoms with Crippen LogP contribution in [0.25, 0.3) is 0 Å². The van der Waals surface area contributed by atoms with Crippen LogP contribution in [0.3, 0.4) is 0 Å². The van der Waals surface area contributed by atoms with E-state index in [1.54, 1.807) is 6.20 Å². The lowest BCUT2D eigenvalue weighted by atomic mass is 10.2. The number of rotatable bonds is 7. The Morgan fingerprint density at radius 2 is 2.05 bits per heavy atom. The number of carbonyl (C=O) groups is 1. The number of pyridine rings is 1. The number of nitrogens with zero attached hydrogens (tertiary/aromatic N) is 2. The molecule has 1 aromatic heterocycles. The molecular formula is C16H19N3O2. The molecule has 0 fully saturated rings. The van der Waals surface area contributed by atoms with Crippen LogP contribution >= 0.6 is 0 Å². The number of aromatic carboxylic acids is 1. The minimum Gasteiger partial charge on any atom is -0.478 e. The zero-order valence-corrected chi connectivity index (χ0v) is 12.0. The number of aromatic nitrogens is 1. The van der Waals surface area contributed by atoms with Crippen molar-refractivity contribution in [2.45, 2.75) is 6.42 Å². The maximum atomic E-state index is 11.1. The highest BCUT2D eigenvalue weighted by Gasteiger charge is 2.08. The maximum absolute atomic E-state index is 11.1. The Hall–Kier alpha value is -2.56. The third kappa shape index (κ3) is 4.21. The fourth-order valence-corrected chi connectivity index (χ4v) is 2.07. The van der Waals surface area contributed by atoms with Crippen molar-refractivity contribution in [2.75, 3.05) is 30.4 Å². The van der Waals surface area contributed by atoms with Crippen molar-refractivity contribution in [3.8, 4) is 0 Å². The van der Waals surface area contributed by atoms with Gasteiger partial charge in [-0.05, 0) is 24.6 Å². The first-order valence-electron chi connectivity index (χ1n) is 6.86. The zero-order chi connectivity index (χ0) is 15.1. The minimum absolute atomic E-state index is 0.251. The van der Waals surface area contributed by atoms with Gasteiger partial charge in [0.05, 0.1) is 17.4 Å². The molecular weight excluding hydrogens is 266 g/mol. The Balaban J connectivity index is 1.81. The predicted molar refractivity (Wildman–Crippen MR) is 84.0 cm³/mol. The van der Waals surface area contributed by atoms with Gasteiger partial charge in [-0.15, -0.1) is 0 Å². The van der Waals surface area contributed by atoms with E-state index in [2.05, 4.69) is 27.3 Å². The van der Waals surface area contributed by atoms with E-state index >= 15 is 0 Å². The largest absolute Gasteiger partial charge is 0.478 e. The van der Waals surface area contributed by atoms with Gasteiger partial charge in [-0.1, -0.05) is 18.2 Å². The lowest BCUT2D eigenvalue weighted by Crippen LogP contribution is -2.21. The molecule has 0 spiro atoms. The van der Waals surface area contributed by atoms with Crippen LogP contribution in [0.15, 0.2) is 48.8 Å². The van der Waals surface area contributed by atoms with E-state index in [9.17, 15) is 4.79 Å². The van der Waals surface area contributed by atoms with Gasteiger partial charge in [0.2, 0.25) is 0 Å². The summed E-state index contributed by atoms with van der Waals surface area (Å²) in [6, 6.07) is 11.7. The molecule has 21 heavy (non-hydrogen) atoms. The Labute approximate surface area is 124 Å². The van der Waals surface area contributed by atoms with Gasteiger partial charge < -0.3 is 15.3 Å². The van der Waals surface area contributed by atoms with Gasteiger partial charge in [-0.3, -0.25) is 4.98 Å². The number of hydrogen-bond donors (Lipinski definition) is 2. The van der Waals surface area contributed by atoms with Gasteiger partial charge >= 0.3 is 5.97 Å². The highest BCUT2D eigenvalue weighted by molar-refractivity contribution is 5.93. The molecule has 0 saturated carbocycles. The van der Waals surface area contributed by atoms with Gasteiger partial charge in [0.25, 0.3) is 0 Å². The number of nitrogens with one attached hydrogen (secondary N) is 1. The third-order valence-electron chi connectivity index (χ3n) is 3.23. The maximum Gasteiger partial charge on any atom is 0.337 e. The van der Waals surface area contributed by atoms with E-state index in [-0.39, 0.29) is 5.56 Å². The highest BCUT2D eigenvalue weighted by atomic mass is 16.4. The number of anilines is 2. The molecule has 1 aromatic carbocycles. The molecule has 0 radical (unpaired) electrons. The fourth-order valence-electron chi connectivity index (χ4n) is 2.07. The van der Waals surface area contributed by atoms with Crippen molar-refractivity contribution in [3.63, 3.8) is 0 Å². The van der Waals surface area contributed by atoms with E-state index in [0.717, 1.165) is 13.0 Å². The van der Waals surface area contributed by atoms with Crippen LogP contribution in [0.1, 0.15) is 16.8 Å². The molecule has 0 unspecified atom stereocenters. The molecule has 0 amide bonds. The molecule has 0 bridgehead atoms. The first kappa shape index (κ1) is 14.8. The molecule has 2 aromatic rings. The highest BCUT2D eigenvalue weighted by Crippen LogP contribution is 2.14. The van der Waals surface area contributed by atoms with Gasteiger partial charge in [-0.2, -0.15) is 0 Å². The molecule has 110 valence electrons. The topological polar surface area (TPSA) is 65.5 Å². The quantitative estimate of drug-likeness (QED) is 0.766. The van der Waals surface area contributed by atoms with Crippen LogP contribution in [0.4, 0.5) is 11.4 Å². The van der Waals surface area contributed by atoms with Crippen molar-refractivity contribution < 1.29 is 9.90 Å². The van der Waals surface area contributed by atoms with Crippen LogP contribution in [0.5, 0.6) is 0 Å². The first-order chi connectivity index (χ1) is 10.2. The Kier molecular flexibility index (Phi) is 5.15. The molecule has 5 nitrogen and oxygen atoms in total. The Bertz CT molecular complexity index is 587. The summed E-state index contributed by atoms with van der Waals surface area (Å²) in [5, 5.41) is 12.2. The monoisotopic (exact) mass is 285 g/mol. The van der Waals surface area contributed by atoms with Crippen LogP contribution in [-0.2, 0) is 0 Å². The van der Waals surface area contributed by atoms with Crippen LogP contribution in [-0.4, -0.2) is 36.2 Å². The lowest BCUT2D eigenvalue weighted by Gasteiger charge is -2.19. The number of benzene rings is 1. The second-order valence-electron chi connectivity index (χ2n) is 4.76. The number of carboxylic acid groups (broad SMARTS) is 1. The summed E-state index contributed by atoms with van der Waals surface area (Å²) in [5.74, 6) is -0.943. The van der Waals surface area contributed by atoms with Gasteiger partial charge in [0, 0.05) is 32.0 Å². The normalized spacial score (nSPS) is 10.1. The second kappa shape index (κ2) is 7.28. The SMILES string of the molecule is CN(CCCNc1cnccc1C(=O)O)c1ccccc1. The predicted octanol–water partition coefficient (Wildman–Crippen LogP) is 2.72. The molecule has 0 aliphatic heterocycles. The van der Waals surface area contributed by atoms with Crippen LogP contribution in [0, 0.1) is 0 Å². The summed E-state index contributed by atoms with van der Waals surface area (Å²) in [7, 11) is 2.04. The Morgan fingerprint density at radius 1 is 1.29 bits per heavy atom. The first-order valence-corrected chi connectivity index (χ1v) is 6.86.